The van der Waals surface area contributed by atoms with E-state index in [1.165, 1.54) is 10.7 Å². The highest BCUT2D eigenvalue weighted by molar-refractivity contribution is 6.00. The molecule has 0 saturated carbocycles. The number of fused-ring (bicyclic) bond motifs is 1. The summed E-state index contributed by atoms with van der Waals surface area (Å²) in [6.45, 7) is 0. The molecule has 1 aliphatic rings. The van der Waals surface area contributed by atoms with Gasteiger partial charge in [-0.25, -0.2) is 4.68 Å². The van der Waals surface area contributed by atoms with Gasteiger partial charge in [0.1, 0.15) is 5.69 Å². The predicted octanol–water partition coefficient (Wildman–Crippen LogP) is 0.0480. The van der Waals surface area contributed by atoms with Gasteiger partial charge in [0, 0.05) is 11.9 Å². The monoisotopic (exact) mass is 257 g/mol. The molecule has 0 atom stereocenters. The molecule has 0 spiro atoms. The van der Waals surface area contributed by atoms with Gasteiger partial charge >= 0.3 is 0 Å². The van der Waals surface area contributed by atoms with Crippen LogP contribution in [0.3, 0.4) is 0 Å². The largest absolute Gasteiger partial charge is 0.397 e. The van der Waals surface area contributed by atoms with Gasteiger partial charge in [-0.2, -0.15) is 5.10 Å². The number of nitrogens with zero attached hydrogens (tertiary/aromatic N) is 2. The minimum absolute atomic E-state index is 0.0650. The molecule has 2 amide bonds. The molecule has 1 aliphatic heterocycles. The third kappa shape index (κ3) is 1.81. The van der Waals surface area contributed by atoms with Crippen molar-refractivity contribution >= 4 is 23.2 Å². The van der Waals surface area contributed by atoms with Crippen molar-refractivity contribution in [3.8, 4) is 5.69 Å². The molecule has 96 valence electrons. The zero-order valence-electron chi connectivity index (χ0n) is 9.88. The maximum atomic E-state index is 11.3. The summed E-state index contributed by atoms with van der Waals surface area (Å²) in [5.41, 5.74) is 13.9. The molecule has 2 heterocycles. The first-order valence-corrected chi connectivity index (χ1v) is 5.62. The highest BCUT2D eigenvalue weighted by Gasteiger charge is 2.20. The van der Waals surface area contributed by atoms with Crippen LogP contribution in [0.2, 0.25) is 0 Å². The fourth-order valence-electron chi connectivity index (χ4n) is 2.07. The Hall–Kier alpha value is -2.83. The molecule has 1 aromatic carbocycles. The van der Waals surface area contributed by atoms with Gasteiger partial charge in [0.2, 0.25) is 5.91 Å². The van der Waals surface area contributed by atoms with Crippen molar-refractivity contribution in [2.24, 2.45) is 5.73 Å². The average Bonchev–Trinajstić information content (AvgIpc) is 2.92. The van der Waals surface area contributed by atoms with E-state index in [4.69, 9.17) is 11.5 Å². The van der Waals surface area contributed by atoms with Crippen LogP contribution in [-0.2, 0) is 11.2 Å². The van der Waals surface area contributed by atoms with Gasteiger partial charge in [-0.3, -0.25) is 9.59 Å². The molecule has 0 aliphatic carbocycles. The summed E-state index contributed by atoms with van der Waals surface area (Å²) in [5, 5.41) is 6.77. The molecular weight excluding hydrogens is 246 g/mol. The number of primary amides is 1. The van der Waals surface area contributed by atoms with E-state index in [9.17, 15) is 9.59 Å². The van der Waals surface area contributed by atoms with Crippen molar-refractivity contribution in [3.05, 3.63) is 35.7 Å². The van der Waals surface area contributed by atoms with Crippen LogP contribution in [0.5, 0.6) is 0 Å². The molecule has 0 bridgehead atoms. The Kier molecular flexibility index (Phi) is 2.28. The normalized spacial score (nSPS) is 13.2. The zero-order valence-corrected chi connectivity index (χ0v) is 9.88. The van der Waals surface area contributed by atoms with E-state index in [0.717, 1.165) is 5.56 Å². The molecule has 0 unspecified atom stereocenters. The number of nitrogen functional groups attached to an aromatic ring is 1. The lowest BCUT2D eigenvalue weighted by molar-refractivity contribution is -0.115. The van der Waals surface area contributed by atoms with E-state index in [1.807, 2.05) is 0 Å². The van der Waals surface area contributed by atoms with Gasteiger partial charge in [0.05, 0.1) is 17.8 Å². The molecule has 7 nitrogen and oxygen atoms in total. The molecule has 0 fully saturated rings. The number of aromatic nitrogens is 2. The molecule has 3 rings (SSSR count). The number of anilines is 2. The van der Waals surface area contributed by atoms with Crippen LogP contribution in [0.25, 0.3) is 5.69 Å². The first-order chi connectivity index (χ1) is 9.04. The fraction of sp³-hybridized carbons (Fsp3) is 0.0833. The van der Waals surface area contributed by atoms with Gasteiger partial charge < -0.3 is 16.8 Å². The number of rotatable bonds is 2. The summed E-state index contributed by atoms with van der Waals surface area (Å²) in [4.78, 5) is 22.3. The van der Waals surface area contributed by atoms with Gasteiger partial charge in [-0.1, -0.05) is 0 Å². The van der Waals surface area contributed by atoms with E-state index in [-0.39, 0.29) is 11.6 Å². The van der Waals surface area contributed by atoms with Crippen LogP contribution in [0.4, 0.5) is 11.4 Å². The second-order valence-corrected chi connectivity index (χ2v) is 4.30. The second-order valence-electron chi connectivity index (χ2n) is 4.30. The van der Waals surface area contributed by atoms with Crippen LogP contribution >= 0.6 is 0 Å². The summed E-state index contributed by atoms with van der Waals surface area (Å²) < 4.78 is 1.46. The molecule has 0 saturated heterocycles. The summed E-state index contributed by atoms with van der Waals surface area (Å²) in [6.07, 6.45) is 1.92. The molecule has 7 heteroatoms. The van der Waals surface area contributed by atoms with Crippen molar-refractivity contribution in [1.29, 1.82) is 0 Å². The Morgan fingerprint density at radius 1 is 1.42 bits per heavy atom. The molecule has 19 heavy (non-hydrogen) atoms. The Morgan fingerprint density at radius 2 is 2.21 bits per heavy atom. The lowest BCUT2D eigenvalue weighted by Gasteiger charge is -2.08. The maximum Gasteiger partial charge on any atom is 0.269 e. The van der Waals surface area contributed by atoms with Gasteiger partial charge in [0.25, 0.3) is 5.91 Å². The highest BCUT2D eigenvalue weighted by Crippen LogP contribution is 2.30. The molecule has 0 radical (unpaired) electrons. The molecule has 2 aromatic rings. The number of benzene rings is 1. The summed E-state index contributed by atoms with van der Waals surface area (Å²) in [6, 6.07) is 4.97. The predicted molar refractivity (Wildman–Crippen MR) is 68.8 cm³/mol. The van der Waals surface area contributed by atoms with Crippen molar-refractivity contribution in [2.75, 3.05) is 11.1 Å². The topological polar surface area (TPSA) is 116 Å². The lowest BCUT2D eigenvalue weighted by atomic mass is 10.1. The minimum atomic E-state index is -0.605. The van der Waals surface area contributed by atoms with Gasteiger partial charge in [-0.05, 0) is 23.8 Å². The Balaban J connectivity index is 2.08. The summed E-state index contributed by atoms with van der Waals surface area (Å²) in [7, 11) is 0. The van der Waals surface area contributed by atoms with Crippen molar-refractivity contribution < 1.29 is 9.59 Å². The maximum absolute atomic E-state index is 11.3. The highest BCUT2D eigenvalue weighted by atomic mass is 16.2. The minimum Gasteiger partial charge on any atom is -0.397 e. The Labute approximate surface area is 108 Å². The van der Waals surface area contributed by atoms with E-state index in [2.05, 4.69) is 10.4 Å². The van der Waals surface area contributed by atoms with Gasteiger partial charge in [0.15, 0.2) is 0 Å². The van der Waals surface area contributed by atoms with Gasteiger partial charge in [-0.15, -0.1) is 0 Å². The van der Waals surface area contributed by atoms with E-state index < -0.39 is 5.91 Å². The first kappa shape index (κ1) is 11.3. The second kappa shape index (κ2) is 3.84. The van der Waals surface area contributed by atoms with Crippen LogP contribution < -0.4 is 16.8 Å². The fourth-order valence-corrected chi connectivity index (χ4v) is 2.07. The van der Waals surface area contributed by atoms with Crippen LogP contribution in [-0.4, -0.2) is 21.6 Å². The summed E-state index contributed by atoms with van der Waals surface area (Å²) >= 11 is 0. The average molecular weight is 257 g/mol. The number of amides is 2. The number of carbonyl (C=O) groups is 2. The Morgan fingerprint density at radius 3 is 2.89 bits per heavy atom. The van der Waals surface area contributed by atoms with Crippen LogP contribution in [0.15, 0.2) is 24.4 Å². The third-order valence-corrected chi connectivity index (χ3v) is 2.97. The quantitative estimate of drug-likeness (QED) is 0.659. The van der Waals surface area contributed by atoms with E-state index >= 15 is 0 Å². The lowest BCUT2D eigenvalue weighted by Crippen LogP contribution is -2.12. The standard InChI is InChI=1S/C12H11N5O2/c13-7-3-6-4-11(18)15-9(6)5-10(7)17-2-1-8(16-17)12(14)19/h1-3,5H,4,13H2,(H2,14,19)(H,15,18). The van der Waals surface area contributed by atoms with Crippen LogP contribution in [0.1, 0.15) is 16.1 Å². The van der Waals surface area contributed by atoms with Crippen molar-refractivity contribution in [2.45, 2.75) is 6.42 Å². The number of carbonyl (C=O) groups excluding carboxylic acids is 2. The number of nitrogens with two attached hydrogens (primary N) is 2. The van der Waals surface area contributed by atoms with Crippen LogP contribution in [0, 0.1) is 0 Å². The van der Waals surface area contributed by atoms with Crippen molar-refractivity contribution in [3.63, 3.8) is 0 Å². The SMILES string of the molecule is NC(=O)c1ccn(-c2cc3c(cc2N)CC(=O)N3)n1. The Bertz CT molecular complexity index is 704. The number of hydrogen-bond donors (Lipinski definition) is 3. The molecule has 1 aromatic heterocycles. The van der Waals surface area contributed by atoms with Crippen molar-refractivity contribution in [1.82, 2.24) is 9.78 Å². The van der Waals surface area contributed by atoms with E-state index in [0.29, 0.717) is 23.5 Å². The summed E-state index contributed by atoms with van der Waals surface area (Å²) in [5.74, 6) is -0.670. The first-order valence-electron chi connectivity index (χ1n) is 5.62. The molecule has 5 N–H and O–H groups in total. The van der Waals surface area contributed by atoms with E-state index in [1.54, 1.807) is 18.3 Å². The molecular formula is C12H11N5O2. The number of hydrogen-bond acceptors (Lipinski definition) is 4. The third-order valence-electron chi connectivity index (χ3n) is 2.97. The number of nitrogens with one attached hydrogen (secondary N) is 1. The zero-order chi connectivity index (χ0) is 13.6. The smallest absolute Gasteiger partial charge is 0.269 e.